The minimum atomic E-state index is -3.67. The summed E-state index contributed by atoms with van der Waals surface area (Å²) in [6.07, 6.45) is 1.01. The molecular formula is C9H14N2O4S. The standard InChI is InChI=1S/C9H14N2O4S/c1-7(5-10)16(14,15)11-4-2-3-8(6-11)9(12)13/h7-8H,2-4,6H2,1H3,(H,12,13)/t7?,8-/m1/s1. The molecule has 1 N–H and O–H groups in total. The number of hydrogen-bond acceptors (Lipinski definition) is 4. The zero-order valence-corrected chi connectivity index (χ0v) is 9.77. The molecule has 0 spiro atoms. The van der Waals surface area contributed by atoms with Crippen LogP contribution in [0.4, 0.5) is 0 Å². The van der Waals surface area contributed by atoms with Crippen LogP contribution >= 0.6 is 0 Å². The first kappa shape index (κ1) is 12.9. The van der Waals surface area contributed by atoms with Crippen molar-refractivity contribution in [3.8, 4) is 6.07 Å². The van der Waals surface area contributed by atoms with Crippen molar-refractivity contribution in [3.05, 3.63) is 0 Å². The van der Waals surface area contributed by atoms with Crippen molar-refractivity contribution in [1.29, 1.82) is 5.26 Å². The highest BCUT2D eigenvalue weighted by atomic mass is 32.2. The second-order valence-electron chi connectivity index (χ2n) is 3.85. The van der Waals surface area contributed by atoms with Crippen LogP contribution < -0.4 is 0 Å². The van der Waals surface area contributed by atoms with E-state index in [1.165, 1.54) is 6.92 Å². The Morgan fingerprint density at radius 1 is 1.62 bits per heavy atom. The van der Waals surface area contributed by atoms with Crippen molar-refractivity contribution < 1.29 is 18.3 Å². The van der Waals surface area contributed by atoms with Crippen LogP contribution in [0.25, 0.3) is 0 Å². The lowest BCUT2D eigenvalue weighted by Gasteiger charge is -2.30. The Labute approximate surface area is 94.5 Å². The topological polar surface area (TPSA) is 98.5 Å². The first-order valence-electron chi connectivity index (χ1n) is 5.01. The maximum absolute atomic E-state index is 11.8. The van der Waals surface area contributed by atoms with Crippen LogP contribution in [0.1, 0.15) is 19.8 Å². The highest BCUT2D eigenvalue weighted by Gasteiger charge is 2.35. The molecule has 0 aromatic carbocycles. The Kier molecular flexibility index (Phi) is 3.88. The molecule has 6 nitrogen and oxygen atoms in total. The summed E-state index contributed by atoms with van der Waals surface area (Å²) < 4.78 is 24.7. The van der Waals surface area contributed by atoms with E-state index in [-0.39, 0.29) is 6.54 Å². The zero-order chi connectivity index (χ0) is 12.3. The first-order chi connectivity index (χ1) is 7.39. The van der Waals surface area contributed by atoms with Crippen molar-refractivity contribution in [2.45, 2.75) is 25.0 Å². The number of piperidine rings is 1. The summed E-state index contributed by atoms with van der Waals surface area (Å²) in [4.78, 5) is 10.8. The Hall–Kier alpha value is -1.13. The van der Waals surface area contributed by atoms with Gasteiger partial charge in [0.25, 0.3) is 0 Å². The highest BCUT2D eigenvalue weighted by molar-refractivity contribution is 7.89. The largest absolute Gasteiger partial charge is 0.481 e. The molecule has 1 saturated heterocycles. The first-order valence-corrected chi connectivity index (χ1v) is 6.51. The lowest BCUT2D eigenvalue weighted by atomic mass is 10.0. The molecule has 2 atom stereocenters. The fourth-order valence-electron chi connectivity index (χ4n) is 1.67. The monoisotopic (exact) mass is 246 g/mol. The van der Waals surface area contributed by atoms with Crippen LogP contribution in [0.3, 0.4) is 0 Å². The fraction of sp³-hybridized carbons (Fsp3) is 0.778. The van der Waals surface area contributed by atoms with Gasteiger partial charge in [0.15, 0.2) is 5.25 Å². The molecule has 0 amide bonds. The second-order valence-corrected chi connectivity index (χ2v) is 6.11. The third-order valence-corrected chi connectivity index (χ3v) is 4.77. The molecule has 16 heavy (non-hydrogen) atoms. The van der Waals surface area contributed by atoms with Crippen LogP contribution in [0.15, 0.2) is 0 Å². The molecule has 1 fully saturated rings. The Bertz CT molecular complexity index is 412. The molecule has 0 radical (unpaired) electrons. The maximum Gasteiger partial charge on any atom is 0.307 e. The average Bonchev–Trinajstić information content (AvgIpc) is 2.28. The molecule has 0 aromatic heterocycles. The highest BCUT2D eigenvalue weighted by Crippen LogP contribution is 2.21. The predicted molar refractivity (Wildman–Crippen MR) is 55.9 cm³/mol. The summed E-state index contributed by atoms with van der Waals surface area (Å²) in [6, 6.07) is 1.67. The third-order valence-electron chi connectivity index (χ3n) is 2.72. The number of sulfonamides is 1. The van der Waals surface area contributed by atoms with Gasteiger partial charge in [0.05, 0.1) is 12.0 Å². The van der Waals surface area contributed by atoms with E-state index in [2.05, 4.69) is 0 Å². The van der Waals surface area contributed by atoms with E-state index < -0.39 is 27.2 Å². The maximum atomic E-state index is 11.8. The van der Waals surface area contributed by atoms with Gasteiger partial charge in [-0.05, 0) is 19.8 Å². The van der Waals surface area contributed by atoms with Gasteiger partial charge in [-0.15, -0.1) is 0 Å². The predicted octanol–water partition coefficient (Wildman–Crippen LogP) is 0.0249. The van der Waals surface area contributed by atoms with Gasteiger partial charge in [-0.25, -0.2) is 8.42 Å². The number of aliphatic carboxylic acids is 1. The fourth-order valence-corrected chi connectivity index (χ4v) is 3.02. The van der Waals surface area contributed by atoms with Crippen LogP contribution in [0, 0.1) is 17.2 Å². The molecule has 1 heterocycles. The summed E-state index contributed by atoms with van der Waals surface area (Å²) in [5.41, 5.74) is 0. The van der Waals surface area contributed by atoms with E-state index in [0.717, 1.165) is 4.31 Å². The molecule has 1 rings (SSSR count). The minimum Gasteiger partial charge on any atom is -0.481 e. The van der Waals surface area contributed by atoms with Gasteiger partial charge in [-0.1, -0.05) is 0 Å². The van der Waals surface area contributed by atoms with Crippen molar-refractivity contribution in [3.63, 3.8) is 0 Å². The smallest absolute Gasteiger partial charge is 0.307 e. The average molecular weight is 246 g/mol. The van der Waals surface area contributed by atoms with Gasteiger partial charge in [0.1, 0.15) is 0 Å². The molecular weight excluding hydrogens is 232 g/mol. The van der Waals surface area contributed by atoms with E-state index in [9.17, 15) is 13.2 Å². The van der Waals surface area contributed by atoms with Crippen molar-refractivity contribution in [2.24, 2.45) is 5.92 Å². The minimum absolute atomic E-state index is 0.0241. The van der Waals surface area contributed by atoms with Crippen LogP contribution in [-0.2, 0) is 14.8 Å². The molecule has 7 heteroatoms. The van der Waals surface area contributed by atoms with Crippen molar-refractivity contribution >= 4 is 16.0 Å². The van der Waals surface area contributed by atoms with Gasteiger partial charge >= 0.3 is 5.97 Å². The molecule has 1 aliphatic rings. The van der Waals surface area contributed by atoms with E-state index >= 15 is 0 Å². The lowest BCUT2D eigenvalue weighted by Crippen LogP contribution is -2.45. The number of nitrogens with zero attached hydrogens (tertiary/aromatic N) is 2. The van der Waals surface area contributed by atoms with Gasteiger partial charge in [-0.3, -0.25) is 4.79 Å². The number of carboxylic acids is 1. The van der Waals surface area contributed by atoms with Crippen LogP contribution in [0.2, 0.25) is 0 Å². The molecule has 90 valence electrons. The second kappa shape index (κ2) is 4.80. The van der Waals surface area contributed by atoms with Gasteiger partial charge in [-0.2, -0.15) is 9.57 Å². The number of carbonyl (C=O) groups is 1. The van der Waals surface area contributed by atoms with Crippen molar-refractivity contribution in [1.82, 2.24) is 4.31 Å². The van der Waals surface area contributed by atoms with Gasteiger partial charge in [0.2, 0.25) is 10.0 Å². The summed E-state index contributed by atoms with van der Waals surface area (Å²) in [7, 11) is -3.67. The molecule has 1 aliphatic heterocycles. The van der Waals surface area contributed by atoms with E-state index in [1.54, 1.807) is 6.07 Å². The number of nitriles is 1. The van der Waals surface area contributed by atoms with Crippen LogP contribution in [-0.4, -0.2) is 42.1 Å². The lowest BCUT2D eigenvalue weighted by molar-refractivity contribution is -0.142. The SMILES string of the molecule is CC(C#N)S(=O)(=O)N1CCC[C@@H](C(=O)O)C1. The normalized spacial score (nSPS) is 24.6. The molecule has 0 saturated carbocycles. The summed E-state index contributed by atoms with van der Waals surface area (Å²) in [6.45, 7) is 1.58. The summed E-state index contributed by atoms with van der Waals surface area (Å²) in [5.74, 6) is -1.64. The Morgan fingerprint density at radius 2 is 2.25 bits per heavy atom. The van der Waals surface area contributed by atoms with Gasteiger partial charge < -0.3 is 5.11 Å². The molecule has 0 aliphatic carbocycles. The number of rotatable bonds is 3. The van der Waals surface area contributed by atoms with E-state index in [4.69, 9.17) is 10.4 Å². The Morgan fingerprint density at radius 3 is 2.75 bits per heavy atom. The Balaban J connectivity index is 2.83. The summed E-state index contributed by atoms with van der Waals surface area (Å²) in [5, 5.41) is 16.3. The summed E-state index contributed by atoms with van der Waals surface area (Å²) >= 11 is 0. The van der Waals surface area contributed by atoms with E-state index in [0.29, 0.717) is 19.4 Å². The van der Waals surface area contributed by atoms with Gasteiger partial charge in [0, 0.05) is 13.1 Å². The molecule has 1 unspecified atom stereocenters. The van der Waals surface area contributed by atoms with Crippen molar-refractivity contribution in [2.75, 3.05) is 13.1 Å². The molecule has 0 bridgehead atoms. The number of hydrogen-bond donors (Lipinski definition) is 1. The number of carboxylic acid groups (broad SMARTS) is 1. The van der Waals surface area contributed by atoms with E-state index in [1.807, 2.05) is 0 Å². The quantitative estimate of drug-likeness (QED) is 0.757. The molecule has 0 aromatic rings. The van der Waals surface area contributed by atoms with Crippen LogP contribution in [0.5, 0.6) is 0 Å². The third kappa shape index (κ3) is 2.51. The zero-order valence-electron chi connectivity index (χ0n) is 8.96.